The molecule has 3 nitrogen and oxygen atoms in total. The Kier molecular flexibility index (Phi) is 5.07. The van der Waals surface area contributed by atoms with Gasteiger partial charge in [0.15, 0.2) is 0 Å². The summed E-state index contributed by atoms with van der Waals surface area (Å²) in [5, 5.41) is 15.8. The van der Waals surface area contributed by atoms with E-state index in [0.717, 1.165) is 16.3 Å². The Morgan fingerprint density at radius 3 is 2.63 bits per heavy atom. The van der Waals surface area contributed by atoms with Crippen molar-refractivity contribution < 1.29 is 5.11 Å². The zero-order valence-electron chi connectivity index (χ0n) is 11.3. The predicted octanol–water partition coefficient (Wildman–Crippen LogP) is 2.92. The van der Waals surface area contributed by atoms with Crippen LogP contribution >= 0.6 is 11.3 Å². The average molecular weight is 276 g/mol. The molecule has 0 saturated carbocycles. The highest BCUT2D eigenvalue weighted by Crippen LogP contribution is 2.21. The van der Waals surface area contributed by atoms with Crippen LogP contribution in [0.3, 0.4) is 0 Å². The maximum Gasteiger partial charge on any atom is 0.107 e. The monoisotopic (exact) mass is 276 g/mol. The molecule has 0 spiro atoms. The largest absolute Gasteiger partial charge is 0.395 e. The van der Waals surface area contributed by atoms with Crippen molar-refractivity contribution in [3.8, 4) is 11.3 Å². The smallest absolute Gasteiger partial charge is 0.107 e. The van der Waals surface area contributed by atoms with E-state index >= 15 is 0 Å². The molecule has 0 bridgehead atoms. The summed E-state index contributed by atoms with van der Waals surface area (Å²) in [4.78, 5) is 4.62. The molecule has 2 N–H and O–H groups in total. The summed E-state index contributed by atoms with van der Waals surface area (Å²) >= 11 is 1.65. The van der Waals surface area contributed by atoms with Crippen LogP contribution in [0.1, 0.15) is 18.9 Å². The standard InChI is InChI=1S/C15H20N2OS/c1-11(2)13(9-18)16-8-15-17-14(10-19-15)12-6-4-3-5-7-12/h3-7,10-11,13,16,18H,8-9H2,1-2H3/t13-/m1/s1. The minimum Gasteiger partial charge on any atom is -0.395 e. The quantitative estimate of drug-likeness (QED) is 0.852. The van der Waals surface area contributed by atoms with E-state index in [1.165, 1.54) is 0 Å². The lowest BCUT2D eigenvalue weighted by Crippen LogP contribution is -2.36. The van der Waals surface area contributed by atoms with Crippen LogP contribution in [0.15, 0.2) is 35.7 Å². The van der Waals surface area contributed by atoms with Crippen LogP contribution < -0.4 is 5.32 Å². The van der Waals surface area contributed by atoms with Gasteiger partial charge in [-0.25, -0.2) is 4.98 Å². The van der Waals surface area contributed by atoms with Gasteiger partial charge in [0.1, 0.15) is 5.01 Å². The number of aliphatic hydroxyl groups excluding tert-OH is 1. The number of nitrogens with one attached hydrogen (secondary N) is 1. The molecule has 1 atom stereocenters. The molecule has 0 aliphatic heterocycles. The van der Waals surface area contributed by atoms with E-state index in [9.17, 15) is 5.11 Å². The summed E-state index contributed by atoms with van der Waals surface area (Å²) in [6.07, 6.45) is 0. The molecule has 0 aliphatic rings. The summed E-state index contributed by atoms with van der Waals surface area (Å²) in [5.74, 6) is 0.415. The topological polar surface area (TPSA) is 45.1 Å². The van der Waals surface area contributed by atoms with Crippen molar-refractivity contribution in [3.63, 3.8) is 0 Å². The summed E-state index contributed by atoms with van der Waals surface area (Å²) in [5.41, 5.74) is 2.17. The van der Waals surface area contributed by atoms with Gasteiger partial charge in [-0.3, -0.25) is 0 Å². The van der Waals surface area contributed by atoms with Crippen molar-refractivity contribution in [3.05, 3.63) is 40.7 Å². The van der Waals surface area contributed by atoms with Gasteiger partial charge in [-0.05, 0) is 5.92 Å². The van der Waals surface area contributed by atoms with E-state index in [4.69, 9.17) is 0 Å². The van der Waals surface area contributed by atoms with Crippen LogP contribution in [0.25, 0.3) is 11.3 Å². The fraction of sp³-hybridized carbons (Fsp3) is 0.400. The van der Waals surface area contributed by atoms with E-state index < -0.39 is 0 Å². The molecule has 1 aromatic carbocycles. The van der Waals surface area contributed by atoms with Crippen LogP contribution in [0, 0.1) is 5.92 Å². The SMILES string of the molecule is CC(C)[C@@H](CO)NCc1nc(-c2ccccc2)cs1. The van der Waals surface area contributed by atoms with E-state index in [1.807, 2.05) is 18.2 Å². The molecule has 102 valence electrons. The van der Waals surface area contributed by atoms with E-state index in [0.29, 0.717) is 12.5 Å². The summed E-state index contributed by atoms with van der Waals surface area (Å²) < 4.78 is 0. The van der Waals surface area contributed by atoms with Crippen LogP contribution in [0.5, 0.6) is 0 Å². The first-order chi connectivity index (χ1) is 9.20. The molecule has 2 rings (SSSR count). The lowest BCUT2D eigenvalue weighted by atomic mass is 10.1. The minimum atomic E-state index is 0.129. The van der Waals surface area contributed by atoms with Gasteiger partial charge in [-0.15, -0.1) is 11.3 Å². The van der Waals surface area contributed by atoms with E-state index in [2.05, 4.69) is 41.7 Å². The Hall–Kier alpha value is -1.23. The average Bonchev–Trinajstić information content (AvgIpc) is 2.89. The van der Waals surface area contributed by atoms with Crippen LogP contribution in [0.2, 0.25) is 0 Å². The number of hydrogen-bond acceptors (Lipinski definition) is 4. The highest BCUT2D eigenvalue weighted by molar-refractivity contribution is 7.09. The van der Waals surface area contributed by atoms with Crippen LogP contribution in [-0.4, -0.2) is 22.7 Å². The van der Waals surface area contributed by atoms with Gasteiger partial charge in [-0.1, -0.05) is 44.2 Å². The van der Waals surface area contributed by atoms with Crippen molar-refractivity contribution in [2.75, 3.05) is 6.61 Å². The predicted molar refractivity (Wildman–Crippen MR) is 80.1 cm³/mol. The molecule has 2 aromatic rings. The second kappa shape index (κ2) is 6.80. The zero-order chi connectivity index (χ0) is 13.7. The van der Waals surface area contributed by atoms with Gasteiger partial charge >= 0.3 is 0 Å². The third-order valence-corrected chi connectivity index (χ3v) is 3.99. The molecule has 0 unspecified atom stereocenters. The van der Waals surface area contributed by atoms with Gasteiger partial charge in [-0.2, -0.15) is 0 Å². The molecule has 19 heavy (non-hydrogen) atoms. The Morgan fingerprint density at radius 2 is 2.00 bits per heavy atom. The molecule has 0 radical (unpaired) electrons. The third kappa shape index (κ3) is 3.86. The Bertz CT molecular complexity index is 496. The fourth-order valence-corrected chi connectivity index (χ4v) is 2.62. The summed E-state index contributed by atoms with van der Waals surface area (Å²) in [6.45, 7) is 5.08. The molecule has 0 fully saturated rings. The number of nitrogens with zero attached hydrogens (tertiary/aromatic N) is 1. The van der Waals surface area contributed by atoms with Gasteiger partial charge < -0.3 is 10.4 Å². The molecule has 1 aromatic heterocycles. The second-order valence-corrected chi connectivity index (χ2v) is 5.85. The fourth-order valence-electron chi connectivity index (χ4n) is 1.86. The first-order valence-corrected chi connectivity index (χ1v) is 7.42. The van der Waals surface area contributed by atoms with Crippen molar-refractivity contribution in [1.82, 2.24) is 10.3 Å². The number of hydrogen-bond donors (Lipinski definition) is 2. The maximum atomic E-state index is 9.28. The first kappa shape index (κ1) is 14.2. The van der Waals surface area contributed by atoms with Crippen molar-refractivity contribution >= 4 is 11.3 Å². The molecular formula is C15H20N2OS. The Balaban J connectivity index is 1.98. The first-order valence-electron chi connectivity index (χ1n) is 6.54. The van der Waals surface area contributed by atoms with Gasteiger partial charge in [0.05, 0.1) is 12.3 Å². The minimum absolute atomic E-state index is 0.129. The second-order valence-electron chi connectivity index (χ2n) is 4.91. The molecule has 0 saturated heterocycles. The van der Waals surface area contributed by atoms with Gasteiger partial charge in [0.2, 0.25) is 0 Å². The normalized spacial score (nSPS) is 12.8. The van der Waals surface area contributed by atoms with Crippen LogP contribution in [-0.2, 0) is 6.54 Å². The molecule has 0 aliphatic carbocycles. The molecule has 0 amide bonds. The highest BCUT2D eigenvalue weighted by Gasteiger charge is 2.12. The Labute approximate surface area is 118 Å². The van der Waals surface area contributed by atoms with E-state index in [-0.39, 0.29) is 12.6 Å². The Morgan fingerprint density at radius 1 is 1.26 bits per heavy atom. The van der Waals surface area contributed by atoms with E-state index in [1.54, 1.807) is 11.3 Å². The van der Waals surface area contributed by atoms with Crippen molar-refractivity contribution in [2.45, 2.75) is 26.4 Å². The number of aliphatic hydroxyl groups is 1. The molecular weight excluding hydrogens is 256 g/mol. The number of benzene rings is 1. The number of rotatable bonds is 6. The number of aromatic nitrogens is 1. The number of thiazole rings is 1. The lowest BCUT2D eigenvalue weighted by Gasteiger charge is -2.18. The van der Waals surface area contributed by atoms with Crippen molar-refractivity contribution in [1.29, 1.82) is 0 Å². The third-order valence-electron chi connectivity index (χ3n) is 3.14. The summed E-state index contributed by atoms with van der Waals surface area (Å²) in [7, 11) is 0. The van der Waals surface area contributed by atoms with Crippen molar-refractivity contribution in [2.24, 2.45) is 5.92 Å². The van der Waals surface area contributed by atoms with Gasteiger partial charge in [0, 0.05) is 23.5 Å². The van der Waals surface area contributed by atoms with Gasteiger partial charge in [0.25, 0.3) is 0 Å². The maximum absolute atomic E-state index is 9.28. The zero-order valence-corrected chi connectivity index (χ0v) is 12.2. The van der Waals surface area contributed by atoms with Crippen LogP contribution in [0.4, 0.5) is 0 Å². The summed E-state index contributed by atoms with van der Waals surface area (Å²) in [6, 6.07) is 10.3. The molecule has 1 heterocycles. The molecule has 4 heteroatoms. The highest BCUT2D eigenvalue weighted by atomic mass is 32.1. The lowest BCUT2D eigenvalue weighted by molar-refractivity contribution is 0.210.